The van der Waals surface area contributed by atoms with Crippen LogP contribution >= 0.6 is 0 Å². The number of carboxylic acids is 1. The molecule has 0 spiro atoms. The molecule has 0 aromatic heterocycles. The first-order chi connectivity index (χ1) is 8.50. The Labute approximate surface area is 105 Å². The molecule has 0 aromatic rings. The van der Waals surface area contributed by atoms with Gasteiger partial charge >= 0.3 is 5.97 Å². The third-order valence-electron chi connectivity index (χ3n) is 3.97. The molecule has 1 amide bonds. The van der Waals surface area contributed by atoms with Gasteiger partial charge in [0.25, 0.3) is 0 Å². The number of rotatable bonds is 2. The van der Waals surface area contributed by atoms with E-state index < -0.39 is 30.0 Å². The van der Waals surface area contributed by atoms with Crippen molar-refractivity contribution in [3.63, 3.8) is 0 Å². The van der Waals surface area contributed by atoms with Crippen LogP contribution in [0.25, 0.3) is 0 Å². The summed E-state index contributed by atoms with van der Waals surface area (Å²) in [6.45, 7) is 0.200. The molecule has 1 aliphatic heterocycles. The number of aliphatic carboxylic acids is 1. The number of hydrogen-bond donors (Lipinski definition) is 3. The highest BCUT2D eigenvalue weighted by atomic mass is 16.4. The van der Waals surface area contributed by atoms with E-state index in [4.69, 9.17) is 5.11 Å². The van der Waals surface area contributed by atoms with Gasteiger partial charge in [0.1, 0.15) is 0 Å². The van der Waals surface area contributed by atoms with Gasteiger partial charge in [-0.3, -0.25) is 9.59 Å². The van der Waals surface area contributed by atoms with Crippen LogP contribution in [0.5, 0.6) is 0 Å². The SMILES string of the molecule is O=C(O)[C@H]1CCCC[C@H]1C(=O)N1C[C@@H](O)[C@@H](O)C1. The molecule has 3 N–H and O–H groups in total. The first-order valence-corrected chi connectivity index (χ1v) is 6.38. The number of aliphatic hydroxyl groups excluding tert-OH is 2. The van der Waals surface area contributed by atoms with Crippen LogP contribution in [0.2, 0.25) is 0 Å². The van der Waals surface area contributed by atoms with Crippen LogP contribution in [0.4, 0.5) is 0 Å². The molecule has 4 atom stereocenters. The molecule has 102 valence electrons. The molecule has 0 bridgehead atoms. The van der Waals surface area contributed by atoms with E-state index in [1.807, 2.05) is 0 Å². The van der Waals surface area contributed by atoms with Gasteiger partial charge in [0, 0.05) is 13.1 Å². The monoisotopic (exact) mass is 257 g/mol. The van der Waals surface area contributed by atoms with Crippen molar-refractivity contribution in [1.29, 1.82) is 0 Å². The smallest absolute Gasteiger partial charge is 0.307 e. The van der Waals surface area contributed by atoms with Gasteiger partial charge in [0.2, 0.25) is 5.91 Å². The average molecular weight is 257 g/mol. The number of nitrogens with zero attached hydrogens (tertiary/aromatic N) is 1. The van der Waals surface area contributed by atoms with E-state index in [1.54, 1.807) is 0 Å². The highest BCUT2D eigenvalue weighted by molar-refractivity contribution is 5.85. The van der Waals surface area contributed by atoms with E-state index >= 15 is 0 Å². The lowest BCUT2D eigenvalue weighted by Crippen LogP contribution is -2.42. The normalized spacial score (nSPS) is 36.7. The van der Waals surface area contributed by atoms with Crippen molar-refractivity contribution < 1.29 is 24.9 Å². The number of hydrogen-bond acceptors (Lipinski definition) is 4. The maximum Gasteiger partial charge on any atom is 0.307 e. The van der Waals surface area contributed by atoms with Gasteiger partial charge < -0.3 is 20.2 Å². The largest absolute Gasteiger partial charge is 0.481 e. The molecule has 1 saturated heterocycles. The molecule has 0 aromatic carbocycles. The van der Waals surface area contributed by atoms with Crippen LogP contribution < -0.4 is 0 Å². The summed E-state index contributed by atoms with van der Waals surface area (Å²) >= 11 is 0. The zero-order chi connectivity index (χ0) is 13.3. The third-order valence-corrected chi connectivity index (χ3v) is 3.97. The Morgan fingerprint density at radius 1 is 0.944 bits per heavy atom. The van der Waals surface area contributed by atoms with Crippen LogP contribution in [-0.4, -0.2) is 57.4 Å². The summed E-state index contributed by atoms with van der Waals surface area (Å²) in [6, 6.07) is 0. The molecule has 2 rings (SSSR count). The summed E-state index contributed by atoms with van der Waals surface area (Å²) in [4.78, 5) is 24.8. The zero-order valence-corrected chi connectivity index (χ0v) is 10.2. The first kappa shape index (κ1) is 13.3. The highest BCUT2D eigenvalue weighted by Crippen LogP contribution is 2.32. The molecule has 1 saturated carbocycles. The van der Waals surface area contributed by atoms with Crippen molar-refractivity contribution >= 4 is 11.9 Å². The van der Waals surface area contributed by atoms with Crippen molar-refractivity contribution in [3.05, 3.63) is 0 Å². The maximum absolute atomic E-state index is 12.2. The fraction of sp³-hybridized carbons (Fsp3) is 0.833. The van der Waals surface area contributed by atoms with E-state index in [1.165, 1.54) is 4.90 Å². The number of carbonyl (C=O) groups is 2. The van der Waals surface area contributed by atoms with E-state index in [0.717, 1.165) is 12.8 Å². The van der Waals surface area contributed by atoms with Crippen molar-refractivity contribution in [2.24, 2.45) is 11.8 Å². The number of aliphatic hydroxyl groups is 2. The molecule has 2 aliphatic rings. The van der Waals surface area contributed by atoms with Crippen LogP contribution in [0.15, 0.2) is 0 Å². The van der Waals surface area contributed by atoms with Gasteiger partial charge in [-0.15, -0.1) is 0 Å². The number of β-amino-alcohol motifs (C(OH)–C–C–N with tert-alkyl or cyclic N) is 2. The Balaban J connectivity index is 2.05. The van der Waals surface area contributed by atoms with Gasteiger partial charge in [0.15, 0.2) is 0 Å². The predicted octanol–water partition coefficient (Wildman–Crippen LogP) is -0.559. The fourth-order valence-electron chi connectivity index (χ4n) is 2.91. The van der Waals surface area contributed by atoms with Crippen LogP contribution in [0, 0.1) is 11.8 Å². The standard InChI is InChI=1S/C12H19NO5/c14-9-5-13(6-10(9)15)11(16)7-3-1-2-4-8(7)12(17)18/h7-10,14-15H,1-6H2,(H,17,18)/t7-,8+,9-,10+/m1/s1. The number of likely N-dealkylation sites (tertiary alicyclic amines) is 1. The quantitative estimate of drug-likeness (QED) is 0.616. The van der Waals surface area contributed by atoms with E-state index in [9.17, 15) is 19.8 Å². The molecule has 18 heavy (non-hydrogen) atoms. The lowest BCUT2D eigenvalue weighted by molar-refractivity contribution is -0.152. The lowest BCUT2D eigenvalue weighted by Gasteiger charge is -2.30. The van der Waals surface area contributed by atoms with Crippen molar-refractivity contribution in [3.8, 4) is 0 Å². The number of amides is 1. The van der Waals surface area contributed by atoms with Crippen LogP contribution in [0.3, 0.4) is 0 Å². The third kappa shape index (κ3) is 2.49. The minimum Gasteiger partial charge on any atom is -0.481 e. The average Bonchev–Trinajstić information content (AvgIpc) is 2.68. The highest BCUT2D eigenvalue weighted by Gasteiger charge is 2.41. The number of carboxylic acid groups (broad SMARTS) is 1. The van der Waals surface area contributed by atoms with Crippen molar-refractivity contribution in [2.45, 2.75) is 37.9 Å². The van der Waals surface area contributed by atoms with E-state index in [2.05, 4.69) is 0 Å². The lowest BCUT2D eigenvalue weighted by atomic mass is 9.78. The molecule has 0 unspecified atom stereocenters. The molecular formula is C12H19NO5. The first-order valence-electron chi connectivity index (χ1n) is 6.38. The summed E-state index contributed by atoms with van der Waals surface area (Å²) in [5.41, 5.74) is 0. The summed E-state index contributed by atoms with van der Waals surface area (Å²) in [7, 11) is 0. The fourth-order valence-corrected chi connectivity index (χ4v) is 2.91. The van der Waals surface area contributed by atoms with Gasteiger partial charge in [-0.2, -0.15) is 0 Å². The topological polar surface area (TPSA) is 98.1 Å². The van der Waals surface area contributed by atoms with Crippen molar-refractivity contribution in [1.82, 2.24) is 4.90 Å². The Bertz CT molecular complexity index is 335. The second-order valence-electron chi connectivity index (χ2n) is 5.21. The summed E-state index contributed by atoms with van der Waals surface area (Å²) < 4.78 is 0. The van der Waals surface area contributed by atoms with Gasteiger partial charge in [0.05, 0.1) is 24.0 Å². The zero-order valence-electron chi connectivity index (χ0n) is 10.2. The van der Waals surface area contributed by atoms with Crippen molar-refractivity contribution in [2.75, 3.05) is 13.1 Å². The van der Waals surface area contributed by atoms with Gasteiger partial charge in [-0.1, -0.05) is 12.8 Å². The van der Waals surface area contributed by atoms with E-state index in [0.29, 0.717) is 12.8 Å². The second kappa shape index (κ2) is 5.24. The summed E-state index contributed by atoms with van der Waals surface area (Å²) in [5.74, 6) is -2.29. The summed E-state index contributed by atoms with van der Waals surface area (Å²) in [5, 5.41) is 28.0. The molecule has 6 nitrogen and oxygen atoms in total. The maximum atomic E-state index is 12.2. The minimum atomic E-state index is -0.923. The molecule has 2 fully saturated rings. The Kier molecular flexibility index (Phi) is 3.87. The Hall–Kier alpha value is -1.14. The Morgan fingerprint density at radius 2 is 1.44 bits per heavy atom. The molecular weight excluding hydrogens is 238 g/mol. The molecule has 1 heterocycles. The second-order valence-corrected chi connectivity index (χ2v) is 5.21. The molecule has 6 heteroatoms. The summed E-state index contributed by atoms with van der Waals surface area (Å²) in [6.07, 6.45) is 0.982. The van der Waals surface area contributed by atoms with Crippen LogP contribution in [-0.2, 0) is 9.59 Å². The minimum absolute atomic E-state index is 0.100. The molecule has 0 radical (unpaired) electrons. The van der Waals surface area contributed by atoms with Gasteiger partial charge in [-0.25, -0.2) is 0 Å². The molecule has 1 aliphatic carbocycles. The van der Waals surface area contributed by atoms with E-state index in [-0.39, 0.29) is 19.0 Å². The van der Waals surface area contributed by atoms with Crippen LogP contribution in [0.1, 0.15) is 25.7 Å². The Morgan fingerprint density at radius 3 is 1.94 bits per heavy atom. The van der Waals surface area contributed by atoms with Gasteiger partial charge in [-0.05, 0) is 12.8 Å². The number of carbonyl (C=O) groups excluding carboxylic acids is 1. The predicted molar refractivity (Wildman–Crippen MR) is 61.7 cm³/mol.